The van der Waals surface area contributed by atoms with Crippen molar-refractivity contribution in [2.24, 2.45) is 11.8 Å². The Bertz CT molecular complexity index is 1330. The number of nitrogens with one attached hydrogen (secondary N) is 1. The van der Waals surface area contributed by atoms with Gasteiger partial charge in [-0.2, -0.15) is 0 Å². The van der Waals surface area contributed by atoms with Crippen molar-refractivity contribution in [1.82, 2.24) is 4.90 Å². The van der Waals surface area contributed by atoms with E-state index in [1.54, 1.807) is 20.8 Å². The Morgan fingerprint density at radius 2 is 1.52 bits per heavy atom. The van der Waals surface area contributed by atoms with Gasteiger partial charge in [-0.1, -0.05) is 13.0 Å². The van der Waals surface area contributed by atoms with E-state index in [-0.39, 0.29) is 95.1 Å². The molecule has 1 aliphatic heterocycles. The molecule has 1 aromatic rings. The van der Waals surface area contributed by atoms with Crippen molar-refractivity contribution >= 4 is 43.2 Å². The summed E-state index contributed by atoms with van der Waals surface area (Å²) in [6.07, 6.45) is 2.60. The minimum absolute atomic E-state index is 0.0109. The summed E-state index contributed by atoms with van der Waals surface area (Å²) < 4.78 is 37.9. The summed E-state index contributed by atoms with van der Waals surface area (Å²) in [6, 6.07) is 4.23. The summed E-state index contributed by atoms with van der Waals surface area (Å²) in [5, 5.41) is 12.0. The number of amides is 3. The number of aliphatic carboxylic acids is 1. The number of phosphoric acid groups is 1. The highest BCUT2D eigenvalue weighted by Crippen LogP contribution is 2.41. The van der Waals surface area contributed by atoms with Gasteiger partial charge in [-0.25, -0.2) is 4.57 Å². The second kappa shape index (κ2) is 19.4. The van der Waals surface area contributed by atoms with E-state index in [1.165, 1.54) is 37.3 Å². The highest BCUT2D eigenvalue weighted by Gasteiger charge is 2.26. The molecule has 0 saturated heterocycles. The maximum Gasteiger partial charge on any atom is 0.524 e. The summed E-state index contributed by atoms with van der Waals surface area (Å²) >= 11 is 0. The Labute approximate surface area is 278 Å². The summed E-state index contributed by atoms with van der Waals surface area (Å²) in [4.78, 5) is 79.5. The molecule has 17 heteroatoms. The van der Waals surface area contributed by atoms with E-state index < -0.39 is 43.1 Å². The van der Waals surface area contributed by atoms with Gasteiger partial charge in [0.1, 0.15) is 5.60 Å². The van der Waals surface area contributed by atoms with Crippen molar-refractivity contribution in [1.29, 1.82) is 0 Å². The van der Waals surface area contributed by atoms with Gasteiger partial charge >= 0.3 is 19.8 Å². The lowest BCUT2D eigenvalue weighted by Crippen LogP contribution is -2.33. The first-order chi connectivity index (χ1) is 22.4. The van der Waals surface area contributed by atoms with Gasteiger partial charge < -0.3 is 33.9 Å². The van der Waals surface area contributed by atoms with Crippen LogP contribution in [0.3, 0.4) is 0 Å². The molecule has 2 atom stereocenters. The number of hydrogen-bond acceptors (Lipinski definition) is 11. The van der Waals surface area contributed by atoms with Crippen molar-refractivity contribution in [3.63, 3.8) is 0 Å². The zero-order chi connectivity index (χ0) is 35.9. The van der Waals surface area contributed by atoms with Crippen LogP contribution >= 0.6 is 7.82 Å². The summed E-state index contributed by atoms with van der Waals surface area (Å²) in [5.74, 6) is -4.29. The van der Waals surface area contributed by atoms with Crippen LogP contribution < -0.4 is 9.84 Å². The molecule has 0 bridgehead atoms. The smallest absolute Gasteiger partial charge is 0.481 e. The number of ether oxygens (including phenoxy) is 4. The zero-order valence-electron chi connectivity index (χ0n) is 27.5. The minimum atomic E-state index is -4.98. The molecule has 4 N–H and O–H groups in total. The number of carboxylic acid groups (broad SMARTS) is 1. The Morgan fingerprint density at radius 3 is 2.08 bits per heavy atom. The lowest BCUT2D eigenvalue weighted by Gasteiger charge is -2.23. The second-order valence-corrected chi connectivity index (χ2v) is 13.2. The Morgan fingerprint density at radius 1 is 0.938 bits per heavy atom. The quantitative estimate of drug-likeness (QED) is 0.0590. The number of imide groups is 1. The number of carboxylic acids is 1. The average Bonchev–Trinajstić information content (AvgIpc) is 3.27. The maximum absolute atomic E-state index is 12.7. The molecule has 0 aliphatic carbocycles. The van der Waals surface area contributed by atoms with Crippen LogP contribution in [0.4, 0.5) is 5.69 Å². The Hall–Kier alpha value is -3.66. The Balaban J connectivity index is 1.86. The number of carbonyl (C=O) groups excluding carboxylic acids is 4. The molecular weight excluding hydrogens is 655 g/mol. The number of benzene rings is 1. The van der Waals surface area contributed by atoms with Crippen molar-refractivity contribution in [2.45, 2.75) is 59.0 Å². The predicted molar refractivity (Wildman–Crippen MR) is 170 cm³/mol. The molecule has 1 aromatic carbocycles. The van der Waals surface area contributed by atoms with Crippen molar-refractivity contribution in [2.75, 3.05) is 51.5 Å². The van der Waals surface area contributed by atoms with Crippen LogP contribution in [-0.4, -0.2) is 101 Å². The lowest BCUT2D eigenvalue weighted by molar-refractivity contribution is -0.156. The second-order valence-electron chi connectivity index (χ2n) is 12.0. The molecule has 16 nitrogen and oxygen atoms in total. The topological polar surface area (TPSA) is 225 Å². The van der Waals surface area contributed by atoms with Crippen LogP contribution in [0.1, 0.15) is 52.5 Å². The van der Waals surface area contributed by atoms with Gasteiger partial charge in [-0.15, -0.1) is 0 Å². The summed E-state index contributed by atoms with van der Waals surface area (Å²) in [5.41, 5.74) is -0.201. The molecule has 2 rings (SSSR count). The van der Waals surface area contributed by atoms with Crippen molar-refractivity contribution in [3.8, 4) is 5.75 Å². The number of carbonyl (C=O) groups is 5. The van der Waals surface area contributed by atoms with Gasteiger partial charge in [0.2, 0.25) is 5.91 Å². The van der Waals surface area contributed by atoms with Gasteiger partial charge in [0.15, 0.2) is 5.75 Å². The van der Waals surface area contributed by atoms with Gasteiger partial charge in [-0.05, 0) is 57.2 Å². The van der Waals surface area contributed by atoms with Gasteiger partial charge in [0.25, 0.3) is 11.8 Å². The van der Waals surface area contributed by atoms with Gasteiger partial charge in [0.05, 0.1) is 64.2 Å². The number of hydrogen-bond donors (Lipinski definition) is 4. The molecule has 3 amide bonds. The van der Waals surface area contributed by atoms with Crippen LogP contribution in [0.15, 0.2) is 30.4 Å². The van der Waals surface area contributed by atoms with Gasteiger partial charge in [0, 0.05) is 18.6 Å². The number of phosphoric ester groups is 1. The lowest BCUT2D eigenvalue weighted by atomic mass is 9.87. The maximum atomic E-state index is 12.7. The standard InChI is InChI=1S/C31H45N2O14P/c1-21(30(38)39)17-23(20-29(37)46-31(2,3)4)18-22-5-6-25(47-48(40,41)42)24(19-22)32-26(34)9-11-43-13-15-45-16-14-44-12-10-33-27(35)7-8-28(33)36/h5-8,19,21,23H,9-18,20H2,1-4H3,(H,32,34)(H,38,39)(H2,40,41,42)/t21?,23-/m1/s1. The number of rotatable bonds is 22. The fraction of sp³-hybridized carbons (Fsp3) is 0.581. The molecule has 0 spiro atoms. The molecule has 268 valence electrons. The third kappa shape index (κ3) is 16.4. The third-order valence-corrected chi connectivity index (χ3v) is 7.06. The number of anilines is 1. The minimum Gasteiger partial charge on any atom is -0.481 e. The van der Waals surface area contributed by atoms with Crippen LogP contribution in [0.5, 0.6) is 5.75 Å². The summed E-state index contributed by atoms with van der Waals surface area (Å²) in [7, 11) is -4.98. The predicted octanol–water partition coefficient (Wildman–Crippen LogP) is 2.46. The van der Waals surface area contributed by atoms with E-state index in [9.17, 15) is 43.4 Å². The highest BCUT2D eigenvalue weighted by atomic mass is 31.2. The van der Waals surface area contributed by atoms with E-state index in [4.69, 9.17) is 23.5 Å². The molecule has 48 heavy (non-hydrogen) atoms. The van der Waals surface area contributed by atoms with Crippen LogP contribution in [-0.2, 0) is 53.9 Å². The fourth-order valence-electron chi connectivity index (χ4n) is 4.53. The largest absolute Gasteiger partial charge is 0.524 e. The summed E-state index contributed by atoms with van der Waals surface area (Å²) in [6.45, 7) is 7.90. The first kappa shape index (κ1) is 40.5. The Kier molecular flexibility index (Phi) is 16.3. The van der Waals surface area contributed by atoms with Gasteiger partial charge in [-0.3, -0.25) is 38.7 Å². The first-order valence-electron chi connectivity index (χ1n) is 15.3. The highest BCUT2D eigenvalue weighted by molar-refractivity contribution is 7.46. The molecule has 1 heterocycles. The van der Waals surface area contributed by atoms with Crippen LogP contribution in [0.25, 0.3) is 0 Å². The molecule has 1 aliphatic rings. The van der Waals surface area contributed by atoms with E-state index in [0.717, 1.165) is 4.90 Å². The average molecular weight is 701 g/mol. The van der Waals surface area contributed by atoms with Crippen LogP contribution in [0.2, 0.25) is 0 Å². The molecule has 0 radical (unpaired) electrons. The molecule has 0 saturated carbocycles. The van der Waals surface area contributed by atoms with E-state index in [2.05, 4.69) is 5.32 Å². The van der Waals surface area contributed by atoms with E-state index >= 15 is 0 Å². The molecular formula is C31H45N2O14P. The van der Waals surface area contributed by atoms with Crippen molar-refractivity contribution < 1.29 is 66.9 Å². The van der Waals surface area contributed by atoms with E-state index in [1.807, 2.05) is 0 Å². The van der Waals surface area contributed by atoms with E-state index in [0.29, 0.717) is 5.56 Å². The number of nitrogens with zero attached hydrogens (tertiary/aromatic N) is 1. The molecule has 0 aromatic heterocycles. The third-order valence-electron chi connectivity index (χ3n) is 6.62. The molecule has 1 unspecified atom stereocenters. The first-order valence-corrected chi connectivity index (χ1v) is 16.9. The monoisotopic (exact) mass is 700 g/mol. The molecule has 0 fully saturated rings. The fourth-order valence-corrected chi connectivity index (χ4v) is 4.94. The van der Waals surface area contributed by atoms with Crippen molar-refractivity contribution in [3.05, 3.63) is 35.9 Å². The number of esters is 1. The SMILES string of the molecule is CC(C[C@@H](CC(=O)OC(C)(C)C)Cc1ccc(OP(=O)(O)O)c(NC(=O)CCOCCOCCOCCN2C(=O)C=CC2=O)c1)C(=O)O. The normalized spacial score (nSPS) is 14.6. The zero-order valence-corrected chi connectivity index (χ0v) is 28.4. The van der Waals surface area contributed by atoms with Crippen LogP contribution in [0, 0.1) is 11.8 Å².